The summed E-state index contributed by atoms with van der Waals surface area (Å²) >= 11 is 25.1. The van der Waals surface area contributed by atoms with Gasteiger partial charge in [0, 0.05) is 23.1 Å². The number of carbonyl (C=O) groups excluding carboxylic acids is 2. The number of hydrogen-bond acceptors (Lipinski definition) is 4. The van der Waals surface area contributed by atoms with Crippen molar-refractivity contribution in [2.45, 2.75) is 44.2 Å². The van der Waals surface area contributed by atoms with E-state index in [1.165, 1.54) is 41.3 Å². The van der Waals surface area contributed by atoms with Gasteiger partial charge < -0.3 is 10.2 Å². The molecule has 214 valence electrons. The van der Waals surface area contributed by atoms with E-state index in [0.29, 0.717) is 22.2 Å². The Bertz CT molecular complexity index is 1460. The number of rotatable bonds is 12. The molecule has 0 aliphatic carbocycles. The number of anilines is 1. The average molecular weight is 645 g/mol. The summed E-state index contributed by atoms with van der Waals surface area (Å²) < 4.78 is 28.5. The lowest BCUT2D eigenvalue weighted by atomic mass is 10.1. The van der Waals surface area contributed by atoms with Crippen LogP contribution in [-0.2, 0) is 26.2 Å². The second kappa shape index (κ2) is 14.4. The third kappa shape index (κ3) is 7.83. The van der Waals surface area contributed by atoms with Gasteiger partial charge in [0.1, 0.15) is 12.6 Å². The first-order chi connectivity index (χ1) is 19.0. The van der Waals surface area contributed by atoms with Gasteiger partial charge in [0.25, 0.3) is 10.0 Å². The fourth-order valence-electron chi connectivity index (χ4n) is 3.87. The maximum absolute atomic E-state index is 14.0. The Kier molecular flexibility index (Phi) is 11.5. The van der Waals surface area contributed by atoms with Gasteiger partial charge in [-0.15, -0.1) is 0 Å². The smallest absolute Gasteiger partial charge is 0.264 e. The van der Waals surface area contributed by atoms with Crippen molar-refractivity contribution in [2.24, 2.45) is 0 Å². The van der Waals surface area contributed by atoms with Crippen LogP contribution < -0.4 is 9.62 Å². The molecule has 2 amide bonds. The summed E-state index contributed by atoms with van der Waals surface area (Å²) in [7, 11) is -4.27. The number of hydrogen-bond donors (Lipinski definition) is 1. The molecule has 3 aromatic rings. The number of benzene rings is 3. The van der Waals surface area contributed by atoms with Crippen molar-refractivity contribution in [3.8, 4) is 0 Å². The largest absolute Gasteiger partial charge is 0.354 e. The molecule has 7 nitrogen and oxygen atoms in total. The van der Waals surface area contributed by atoms with Crippen LogP contribution in [0.4, 0.5) is 5.69 Å². The van der Waals surface area contributed by atoms with Gasteiger partial charge in [0.15, 0.2) is 0 Å². The Morgan fingerprint density at radius 3 is 2.27 bits per heavy atom. The van der Waals surface area contributed by atoms with Gasteiger partial charge in [-0.05, 0) is 55.3 Å². The standard InChI is InChI=1S/C28H29Cl4N3O4S/c1-3-4-15-33-28(37)19(2)34(17-20-13-14-21(29)16-24(20)31)26(36)18-35(25-12-8-11-23(30)27(25)32)40(38,39)22-9-6-5-7-10-22/h5-14,16,19H,3-4,15,17-18H2,1-2H3,(H,33,37)/t19-/m0/s1. The molecule has 3 aromatic carbocycles. The SMILES string of the molecule is CCCCNC(=O)[C@H](C)N(Cc1ccc(Cl)cc1Cl)C(=O)CN(c1cccc(Cl)c1Cl)S(=O)(=O)c1ccccc1. The monoisotopic (exact) mass is 643 g/mol. The van der Waals surface area contributed by atoms with Crippen LogP contribution in [0.3, 0.4) is 0 Å². The van der Waals surface area contributed by atoms with Crippen LogP contribution in [0, 0.1) is 0 Å². The van der Waals surface area contributed by atoms with Crippen molar-refractivity contribution in [1.82, 2.24) is 10.2 Å². The summed E-state index contributed by atoms with van der Waals surface area (Å²) in [6.45, 7) is 3.28. The van der Waals surface area contributed by atoms with Crippen LogP contribution in [0.1, 0.15) is 32.3 Å². The molecule has 0 spiro atoms. The van der Waals surface area contributed by atoms with E-state index >= 15 is 0 Å². The lowest BCUT2D eigenvalue weighted by Gasteiger charge is -2.32. The van der Waals surface area contributed by atoms with E-state index < -0.39 is 28.5 Å². The summed E-state index contributed by atoms with van der Waals surface area (Å²) in [5, 5.41) is 3.63. The normalized spacial score (nSPS) is 12.1. The van der Waals surface area contributed by atoms with Crippen molar-refractivity contribution in [3.63, 3.8) is 0 Å². The Morgan fingerprint density at radius 1 is 0.925 bits per heavy atom. The molecule has 1 atom stereocenters. The van der Waals surface area contributed by atoms with Crippen LogP contribution in [0.15, 0.2) is 71.6 Å². The van der Waals surface area contributed by atoms with Crippen molar-refractivity contribution >= 4 is 73.9 Å². The first-order valence-electron chi connectivity index (χ1n) is 12.5. The van der Waals surface area contributed by atoms with Gasteiger partial charge in [0.05, 0.1) is 20.6 Å². The third-order valence-corrected chi connectivity index (χ3v) is 9.33. The highest BCUT2D eigenvalue weighted by molar-refractivity contribution is 7.92. The van der Waals surface area contributed by atoms with Crippen LogP contribution in [0.25, 0.3) is 0 Å². The molecule has 1 N–H and O–H groups in total. The molecule has 0 fully saturated rings. The number of nitrogens with zero attached hydrogens (tertiary/aromatic N) is 2. The predicted octanol–water partition coefficient (Wildman–Crippen LogP) is 6.83. The Labute approximate surface area is 255 Å². The summed E-state index contributed by atoms with van der Waals surface area (Å²) in [4.78, 5) is 28.2. The van der Waals surface area contributed by atoms with Gasteiger partial charge >= 0.3 is 0 Å². The zero-order chi connectivity index (χ0) is 29.4. The van der Waals surface area contributed by atoms with E-state index in [9.17, 15) is 18.0 Å². The van der Waals surface area contributed by atoms with E-state index in [0.717, 1.165) is 17.1 Å². The number of halogens is 4. The molecule has 0 bridgehead atoms. The molecule has 40 heavy (non-hydrogen) atoms. The molecule has 0 aliphatic rings. The molecule has 0 saturated carbocycles. The molecular weight excluding hydrogens is 616 g/mol. The summed E-state index contributed by atoms with van der Waals surface area (Å²) in [5.41, 5.74) is 0.557. The fourth-order valence-corrected chi connectivity index (χ4v) is 6.23. The quantitative estimate of drug-likeness (QED) is 0.219. The first kappa shape index (κ1) is 32.0. The van der Waals surface area contributed by atoms with Gasteiger partial charge in [0.2, 0.25) is 11.8 Å². The van der Waals surface area contributed by atoms with E-state index in [-0.39, 0.29) is 33.1 Å². The minimum absolute atomic E-state index is 0.0240. The summed E-state index contributed by atoms with van der Waals surface area (Å²) in [5.74, 6) is -1.04. The van der Waals surface area contributed by atoms with Gasteiger partial charge in [-0.1, -0.05) is 90.1 Å². The van der Waals surface area contributed by atoms with Crippen molar-refractivity contribution < 1.29 is 18.0 Å². The number of amides is 2. The molecule has 0 aliphatic heterocycles. The maximum atomic E-state index is 14.0. The minimum Gasteiger partial charge on any atom is -0.354 e. The van der Waals surface area contributed by atoms with E-state index in [4.69, 9.17) is 46.4 Å². The first-order valence-corrected chi connectivity index (χ1v) is 15.5. The van der Waals surface area contributed by atoms with Crippen LogP contribution in [0.2, 0.25) is 20.1 Å². The Balaban J connectivity index is 2.05. The van der Waals surface area contributed by atoms with Gasteiger partial charge in [-0.25, -0.2) is 8.42 Å². The van der Waals surface area contributed by atoms with Crippen LogP contribution in [0.5, 0.6) is 0 Å². The number of nitrogens with one attached hydrogen (secondary N) is 1. The van der Waals surface area contributed by atoms with Crippen LogP contribution in [-0.4, -0.2) is 44.3 Å². The van der Waals surface area contributed by atoms with Crippen molar-refractivity contribution in [2.75, 3.05) is 17.4 Å². The highest BCUT2D eigenvalue weighted by Crippen LogP contribution is 2.35. The highest BCUT2D eigenvalue weighted by Gasteiger charge is 2.33. The average Bonchev–Trinajstić information content (AvgIpc) is 2.93. The minimum atomic E-state index is -4.27. The van der Waals surface area contributed by atoms with E-state index in [1.54, 1.807) is 37.3 Å². The van der Waals surface area contributed by atoms with E-state index in [1.807, 2.05) is 6.92 Å². The summed E-state index contributed by atoms with van der Waals surface area (Å²) in [6, 6.07) is 16.0. The number of carbonyl (C=O) groups is 2. The number of sulfonamides is 1. The fraction of sp³-hybridized carbons (Fsp3) is 0.286. The van der Waals surface area contributed by atoms with Gasteiger partial charge in [-0.2, -0.15) is 0 Å². The highest BCUT2D eigenvalue weighted by atomic mass is 35.5. The van der Waals surface area contributed by atoms with Crippen molar-refractivity contribution in [1.29, 1.82) is 0 Å². The number of unbranched alkanes of at least 4 members (excludes halogenated alkanes) is 1. The molecule has 0 radical (unpaired) electrons. The maximum Gasteiger partial charge on any atom is 0.264 e. The zero-order valence-corrected chi connectivity index (χ0v) is 25.8. The molecular formula is C28H29Cl4N3O4S. The Morgan fingerprint density at radius 2 is 1.62 bits per heavy atom. The Hall–Kier alpha value is -2.49. The molecule has 0 saturated heterocycles. The summed E-state index contributed by atoms with van der Waals surface area (Å²) in [6.07, 6.45) is 1.65. The van der Waals surface area contributed by atoms with E-state index in [2.05, 4.69) is 5.32 Å². The van der Waals surface area contributed by atoms with Crippen LogP contribution >= 0.6 is 46.4 Å². The lowest BCUT2D eigenvalue weighted by molar-refractivity contribution is -0.139. The molecule has 3 rings (SSSR count). The predicted molar refractivity (Wildman–Crippen MR) is 162 cm³/mol. The third-order valence-electron chi connectivity index (χ3n) is 6.16. The second-order valence-corrected chi connectivity index (χ2v) is 12.5. The van der Waals surface area contributed by atoms with Gasteiger partial charge in [-0.3, -0.25) is 13.9 Å². The topological polar surface area (TPSA) is 86.8 Å². The molecule has 0 unspecified atom stereocenters. The second-order valence-electron chi connectivity index (χ2n) is 8.98. The molecule has 0 heterocycles. The molecule has 0 aromatic heterocycles. The lowest BCUT2D eigenvalue weighted by Crippen LogP contribution is -2.51. The van der Waals surface area contributed by atoms with Crippen molar-refractivity contribution in [3.05, 3.63) is 92.4 Å². The molecule has 12 heteroatoms. The zero-order valence-electron chi connectivity index (χ0n) is 21.9.